The summed E-state index contributed by atoms with van der Waals surface area (Å²) < 4.78 is 0. The van der Waals surface area contributed by atoms with Crippen molar-refractivity contribution in [2.45, 2.75) is 57.4 Å². The smallest absolute Gasteiger partial charge is 0.00788 e. The molecule has 3 aliphatic carbocycles. The first-order valence-corrected chi connectivity index (χ1v) is 8.58. The summed E-state index contributed by atoms with van der Waals surface area (Å²) >= 11 is 0. The van der Waals surface area contributed by atoms with Gasteiger partial charge in [-0.15, -0.1) is 0 Å². The summed E-state index contributed by atoms with van der Waals surface area (Å²) in [5.41, 5.74) is 3.06. The molecule has 3 atom stereocenters. The predicted molar refractivity (Wildman–Crippen MR) is 83.9 cm³/mol. The number of rotatable bonds is 4. The van der Waals surface area contributed by atoms with Crippen molar-refractivity contribution in [3.05, 3.63) is 35.4 Å². The zero-order valence-corrected chi connectivity index (χ0v) is 12.6. The maximum atomic E-state index is 3.87. The minimum atomic E-state index is 0.790. The van der Waals surface area contributed by atoms with Gasteiger partial charge in [0.2, 0.25) is 0 Å². The minimum Gasteiger partial charge on any atom is -0.314 e. The lowest BCUT2D eigenvalue weighted by Crippen LogP contribution is -2.43. The molecule has 1 aromatic carbocycles. The van der Waals surface area contributed by atoms with Crippen LogP contribution in [0, 0.1) is 24.7 Å². The monoisotopic (exact) mass is 269 g/mol. The van der Waals surface area contributed by atoms with Crippen LogP contribution in [0.25, 0.3) is 0 Å². The molecule has 1 N–H and O–H groups in total. The van der Waals surface area contributed by atoms with Crippen molar-refractivity contribution in [2.24, 2.45) is 17.8 Å². The number of aryl methyl sites for hydroxylation is 1. The molecule has 2 bridgehead atoms. The summed E-state index contributed by atoms with van der Waals surface area (Å²) in [6.45, 7) is 3.55. The summed E-state index contributed by atoms with van der Waals surface area (Å²) in [5.74, 6) is 3.98. The van der Waals surface area contributed by atoms with Crippen LogP contribution in [0.1, 0.15) is 55.6 Å². The van der Waals surface area contributed by atoms with Crippen molar-refractivity contribution in [3.63, 3.8) is 0 Å². The summed E-state index contributed by atoms with van der Waals surface area (Å²) in [6, 6.07) is 9.72. The van der Waals surface area contributed by atoms with Crippen LogP contribution in [0.4, 0.5) is 0 Å². The second kappa shape index (κ2) is 5.18. The fraction of sp³-hybridized carbons (Fsp3) is 0.684. The van der Waals surface area contributed by atoms with Crippen LogP contribution >= 0.6 is 0 Å². The standard InChI is InChI=1S/C19H27N/c1-13-4-2-3-5-19(13)16-10-18(11-16)20-12-17-9-14-6-7-15(17)8-14/h2-5,14-18,20H,6-12H2,1H3. The lowest BCUT2D eigenvalue weighted by atomic mass is 9.74. The number of benzene rings is 1. The van der Waals surface area contributed by atoms with E-state index in [1.165, 1.54) is 44.2 Å². The van der Waals surface area contributed by atoms with Gasteiger partial charge in [-0.2, -0.15) is 0 Å². The van der Waals surface area contributed by atoms with Gasteiger partial charge in [-0.3, -0.25) is 0 Å². The molecule has 3 unspecified atom stereocenters. The Balaban J connectivity index is 1.25. The first-order valence-electron chi connectivity index (χ1n) is 8.58. The van der Waals surface area contributed by atoms with Crippen molar-refractivity contribution in [3.8, 4) is 0 Å². The van der Waals surface area contributed by atoms with Crippen LogP contribution in [0.3, 0.4) is 0 Å². The van der Waals surface area contributed by atoms with E-state index in [0.29, 0.717) is 0 Å². The molecule has 1 nitrogen and oxygen atoms in total. The van der Waals surface area contributed by atoms with Gasteiger partial charge in [0.25, 0.3) is 0 Å². The molecule has 3 fully saturated rings. The molecule has 0 radical (unpaired) electrons. The van der Waals surface area contributed by atoms with E-state index < -0.39 is 0 Å². The van der Waals surface area contributed by atoms with E-state index in [9.17, 15) is 0 Å². The zero-order chi connectivity index (χ0) is 13.5. The second-order valence-electron chi connectivity index (χ2n) is 7.57. The predicted octanol–water partition coefficient (Wildman–Crippen LogP) is 4.27. The van der Waals surface area contributed by atoms with Crippen molar-refractivity contribution in [1.82, 2.24) is 5.32 Å². The van der Waals surface area contributed by atoms with Gasteiger partial charge in [-0.25, -0.2) is 0 Å². The summed E-state index contributed by atoms with van der Waals surface area (Å²) in [4.78, 5) is 0. The summed E-state index contributed by atoms with van der Waals surface area (Å²) in [6.07, 6.45) is 8.82. The van der Waals surface area contributed by atoms with Crippen LogP contribution in [0.5, 0.6) is 0 Å². The number of nitrogens with one attached hydrogen (secondary N) is 1. The van der Waals surface area contributed by atoms with Crippen molar-refractivity contribution in [2.75, 3.05) is 6.54 Å². The Morgan fingerprint density at radius 2 is 1.90 bits per heavy atom. The zero-order valence-electron chi connectivity index (χ0n) is 12.6. The fourth-order valence-corrected chi connectivity index (χ4v) is 5.03. The molecule has 0 aromatic heterocycles. The molecule has 0 amide bonds. The lowest BCUT2D eigenvalue weighted by Gasteiger charge is -2.38. The molecule has 0 spiro atoms. The molecule has 1 aromatic rings. The van der Waals surface area contributed by atoms with Crippen LogP contribution in [-0.2, 0) is 0 Å². The average Bonchev–Trinajstić information content (AvgIpc) is 3.01. The van der Waals surface area contributed by atoms with Crippen LogP contribution in [0.15, 0.2) is 24.3 Å². The number of fused-ring (bicyclic) bond motifs is 2. The molecule has 0 saturated heterocycles. The highest BCUT2D eigenvalue weighted by atomic mass is 14.9. The van der Waals surface area contributed by atoms with Crippen LogP contribution in [-0.4, -0.2) is 12.6 Å². The Kier molecular flexibility index (Phi) is 3.34. The quantitative estimate of drug-likeness (QED) is 0.861. The fourth-order valence-electron chi connectivity index (χ4n) is 5.03. The Morgan fingerprint density at radius 1 is 1.05 bits per heavy atom. The number of hydrogen-bond acceptors (Lipinski definition) is 1. The van der Waals surface area contributed by atoms with E-state index >= 15 is 0 Å². The maximum absolute atomic E-state index is 3.87. The summed E-state index contributed by atoms with van der Waals surface area (Å²) in [5, 5.41) is 3.87. The molecule has 3 aliphatic rings. The Morgan fingerprint density at radius 3 is 2.60 bits per heavy atom. The average molecular weight is 269 g/mol. The van der Waals surface area contributed by atoms with Gasteiger partial charge in [-0.1, -0.05) is 30.7 Å². The van der Waals surface area contributed by atoms with E-state index in [0.717, 1.165) is 29.7 Å². The first kappa shape index (κ1) is 12.9. The summed E-state index contributed by atoms with van der Waals surface area (Å²) in [7, 11) is 0. The minimum absolute atomic E-state index is 0.790. The van der Waals surface area contributed by atoms with Gasteiger partial charge in [0.05, 0.1) is 0 Å². The van der Waals surface area contributed by atoms with E-state index in [4.69, 9.17) is 0 Å². The first-order chi connectivity index (χ1) is 9.79. The van der Waals surface area contributed by atoms with Gasteiger partial charge in [-0.05, 0) is 80.4 Å². The van der Waals surface area contributed by atoms with E-state index in [2.05, 4.69) is 36.5 Å². The third kappa shape index (κ3) is 2.30. The molecular formula is C19H27N. The highest BCUT2D eigenvalue weighted by Crippen LogP contribution is 2.48. The largest absolute Gasteiger partial charge is 0.314 e. The Hall–Kier alpha value is -0.820. The second-order valence-corrected chi connectivity index (χ2v) is 7.57. The van der Waals surface area contributed by atoms with E-state index in [1.807, 2.05) is 0 Å². The van der Waals surface area contributed by atoms with Crippen molar-refractivity contribution in [1.29, 1.82) is 0 Å². The normalized spacial score (nSPS) is 39.0. The SMILES string of the molecule is Cc1ccccc1C1CC(NCC2CC3CCC2C3)C1. The van der Waals surface area contributed by atoms with E-state index in [-0.39, 0.29) is 0 Å². The third-order valence-electron chi connectivity index (χ3n) is 6.32. The number of hydrogen-bond donors (Lipinski definition) is 1. The Bertz CT molecular complexity index is 474. The van der Waals surface area contributed by atoms with Crippen molar-refractivity contribution >= 4 is 0 Å². The molecule has 20 heavy (non-hydrogen) atoms. The molecule has 108 valence electrons. The van der Waals surface area contributed by atoms with Gasteiger partial charge in [0.15, 0.2) is 0 Å². The third-order valence-corrected chi connectivity index (χ3v) is 6.32. The molecule has 1 heteroatoms. The van der Waals surface area contributed by atoms with E-state index in [1.54, 1.807) is 12.0 Å². The highest BCUT2D eigenvalue weighted by molar-refractivity contribution is 5.31. The van der Waals surface area contributed by atoms with Gasteiger partial charge in [0.1, 0.15) is 0 Å². The molecule has 3 saturated carbocycles. The molecule has 0 heterocycles. The molecular weight excluding hydrogens is 242 g/mol. The molecule has 0 aliphatic heterocycles. The molecule has 4 rings (SSSR count). The van der Waals surface area contributed by atoms with Gasteiger partial charge < -0.3 is 5.32 Å². The lowest BCUT2D eigenvalue weighted by molar-refractivity contribution is 0.246. The van der Waals surface area contributed by atoms with Crippen LogP contribution in [0.2, 0.25) is 0 Å². The van der Waals surface area contributed by atoms with Gasteiger partial charge >= 0.3 is 0 Å². The van der Waals surface area contributed by atoms with Gasteiger partial charge in [0, 0.05) is 6.04 Å². The topological polar surface area (TPSA) is 12.0 Å². The van der Waals surface area contributed by atoms with Crippen molar-refractivity contribution < 1.29 is 0 Å². The van der Waals surface area contributed by atoms with Crippen LogP contribution < -0.4 is 5.32 Å². The Labute approximate surface area is 123 Å². The highest BCUT2D eigenvalue weighted by Gasteiger charge is 2.40. The maximum Gasteiger partial charge on any atom is 0.00788 e.